The van der Waals surface area contributed by atoms with Crippen molar-refractivity contribution in [3.63, 3.8) is 0 Å². The summed E-state index contributed by atoms with van der Waals surface area (Å²) in [5.74, 6) is -0.0685. The maximum absolute atomic E-state index is 13.6. The first kappa shape index (κ1) is 20.3. The molecule has 0 radical (unpaired) electrons. The van der Waals surface area contributed by atoms with Gasteiger partial charge in [0.15, 0.2) is 23.1 Å². The number of allylic oxidation sites excluding steroid dienone is 20. The Balaban J connectivity index is 1.31. The highest BCUT2D eigenvalue weighted by atomic mass is 16.1. The summed E-state index contributed by atoms with van der Waals surface area (Å²) in [5, 5.41) is 0. The fourth-order valence-corrected chi connectivity index (χ4v) is 7.58. The molecule has 0 atom stereocenters. The normalized spacial score (nSPS) is 26.2. The molecule has 0 heterocycles. The minimum atomic E-state index is -0.0278. The van der Waals surface area contributed by atoms with Crippen LogP contribution in [0.2, 0.25) is 0 Å². The SMILES string of the molecule is CC1=C2CC3=C(C(=O)C4=CCC=C4C3=O)C2=C(C2=C3CC4=C(C(=O)C5=CCC=C5C4=O)C3=C(C)C2)C1. The molecule has 0 saturated carbocycles. The van der Waals surface area contributed by atoms with Crippen molar-refractivity contribution in [2.45, 2.75) is 52.4 Å². The lowest BCUT2D eigenvalue weighted by atomic mass is 9.81. The Labute approximate surface area is 208 Å². The van der Waals surface area contributed by atoms with Gasteiger partial charge in [-0.05, 0) is 73.0 Å². The van der Waals surface area contributed by atoms with Crippen molar-refractivity contribution < 1.29 is 19.2 Å². The molecule has 0 bridgehead atoms. The maximum atomic E-state index is 13.6. The lowest BCUT2D eigenvalue weighted by Crippen LogP contribution is -2.22. The van der Waals surface area contributed by atoms with Gasteiger partial charge in [-0.25, -0.2) is 0 Å². The molecule has 0 spiro atoms. The van der Waals surface area contributed by atoms with Gasteiger partial charge < -0.3 is 0 Å². The zero-order chi connectivity index (χ0) is 24.6. The topological polar surface area (TPSA) is 68.3 Å². The van der Waals surface area contributed by atoms with Crippen LogP contribution in [0.4, 0.5) is 0 Å². The van der Waals surface area contributed by atoms with Crippen LogP contribution in [-0.4, -0.2) is 23.1 Å². The number of fused-ring (bicyclic) bond motifs is 6. The zero-order valence-corrected chi connectivity index (χ0v) is 20.2. The third-order valence-electron chi connectivity index (χ3n) is 9.12. The van der Waals surface area contributed by atoms with E-state index in [1.165, 1.54) is 5.57 Å². The van der Waals surface area contributed by atoms with Gasteiger partial charge in [-0.2, -0.15) is 0 Å². The number of carbonyl (C=O) groups excluding carboxylic acids is 4. The van der Waals surface area contributed by atoms with Gasteiger partial charge in [0.1, 0.15) is 0 Å². The molecule has 174 valence electrons. The lowest BCUT2D eigenvalue weighted by molar-refractivity contribution is -0.116. The van der Waals surface area contributed by atoms with Crippen LogP contribution in [0.25, 0.3) is 0 Å². The number of ketones is 4. The van der Waals surface area contributed by atoms with Crippen molar-refractivity contribution in [2.75, 3.05) is 0 Å². The van der Waals surface area contributed by atoms with Crippen molar-refractivity contribution in [2.24, 2.45) is 0 Å². The summed E-state index contributed by atoms with van der Waals surface area (Å²) in [7, 11) is 0. The van der Waals surface area contributed by atoms with Gasteiger partial charge in [0.25, 0.3) is 0 Å². The zero-order valence-electron chi connectivity index (χ0n) is 20.2. The molecule has 0 amide bonds. The largest absolute Gasteiger partial charge is 0.289 e. The third-order valence-corrected chi connectivity index (χ3v) is 9.12. The second-order valence-corrected chi connectivity index (χ2v) is 10.9. The third kappa shape index (κ3) is 2.18. The second-order valence-electron chi connectivity index (χ2n) is 10.9. The molecule has 4 heteroatoms. The number of hydrogen-bond acceptors (Lipinski definition) is 4. The van der Waals surface area contributed by atoms with Gasteiger partial charge in [0.05, 0.1) is 0 Å². The van der Waals surface area contributed by atoms with E-state index in [1.807, 2.05) is 24.3 Å². The highest BCUT2D eigenvalue weighted by Gasteiger charge is 2.48. The average Bonchev–Trinajstić information content (AvgIpc) is 3.68. The molecule has 0 unspecified atom stereocenters. The van der Waals surface area contributed by atoms with Crippen LogP contribution in [0, 0.1) is 0 Å². The van der Waals surface area contributed by atoms with Crippen LogP contribution in [-0.2, 0) is 19.2 Å². The average molecular weight is 471 g/mol. The first-order chi connectivity index (χ1) is 17.4. The molecule has 8 rings (SSSR count). The fourth-order valence-electron chi connectivity index (χ4n) is 7.58. The van der Waals surface area contributed by atoms with Crippen LogP contribution >= 0.6 is 0 Å². The van der Waals surface area contributed by atoms with Crippen molar-refractivity contribution >= 4 is 23.1 Å². The summed E-state index contributed by atoms with van der Waals surface area (Å²) in [6.07, 6.45) is 11.2. The van der Waals surface area contributed by atoms with Gasteiger partial charge in [-0.15, -0.1) is 0 Å². The number of rotatable bonds is 1. The summed E-state index contributed by atoms with van der Waals surface area (Å²) < 4.78 is 0. The molecule has 0 aromatic rings. The standard InChI is InChI=1S/C32H22O4/c1-13-9-21(26-19(13)11-23-28(26)32(36)18-8-4-6-16(18)29(23)33)20-10-14(2)25-22(20)12-24-27(25)31(35)17-7-3-5-15(17)30(24)34/h5-8H,3-4,9-12H2,1-2H3. The van der Waals surface area contributed by atoms with Gasteiger partial charge in [-0.3, -0.25) is 19.2 Å². The van der Waals surface area contributed by atoms with Crippen molar-refractivity contribution in [3.05, 3.63) is 113 Å². The van der Waals surface area contributed by atoms with Crippen molar-refractivity contribution in [1.29, 1.82) is 0 Å². The van der Waals surface area contributed by atoms with Crippen LogP contribution in [0.15, 0.2) is 113 Å². The molecule has 0 aromatic carbocycles. The number of Topliss-reactive ketones (excluding diaryl/α,β-unsaturated/α-hetero) is 4. The van der Waals surface area contributed by atoms with E-state index in [4.69, 9.17) is 0 Å². The van der Waals surface area contributed by atoms with Crippen molar-refractivity contribution in [1.82, 2.24) is 0 Å². The van der Waals surface area contributed by atoms with Gasteiger partial charge >= 0.3 is 0 Å². The van der Waals surface area contributed by atoms with E-state index in [1.54, 1.807) is 0 Å². The Bertz CT molecular complexity index is 1720. The maximum Gasteiger partial charge on any atom is 0.194 e. The predicted molar refractivity (Wildman–Crippen MR) is 134 cm³/mol. The van der Waals surface area contributed by atoms with Crippen LogP contribution < -0.4 is 0 Å². The van der Waals surface area contributed by atoms with Gasteiger partial charge in [-0.1, -0.05) is 35.5 Å². The number of carbonyl (C=O) groups is 4. The minimum Gasteiger partial charge on any atom is -0.289 e. The Morgan fingerprint density at radius 1 is 0.417 bits per heavy atom. The van der Waals surface area contributed by atoms with Gasteiger partial charge in [0, 0.05) is 57.4 Å². The summed E-state index contributed by atoms with van der Waals surface area (Å²) in [4.78, 5) is 53.7. The molecular formula is C32H22O4. The summed E-state index contributed by atoms with van der Waals surface area (Å²) >= 11 is 0. The molecule has 0 N–H and O–H groups in total. The van der Waals surface area contributed by atoms with Gasteiger partial charge in [0.2, 0.25) is 0 Å². The molecule has 8 aliphatic rings. The summed E-state index contributed by atoms with van der Waals surface area (Å²) in [6.45, 7) is 4.16. The Kier molecular flexibility index (Phi) is 3.63. The van der Waals surface area contributed by atoms with Crippen LogP contribution in [0.1, 0.15) is 52.4 Å². The molecule has 0 aromatic heterocycles. The first-order valence-corrected chi connectivity index (χ1v) is 12.7. The highest BCUT2D eigenvalue weighted by Crippen LogP contribution is 2.58. The van der Waals surface area contributed by atoms with E-state index in [2.05, 4.69) is 13.8 Å². The molecule has 0 aliphatic heterocycles. The van der Waals surface area contributed by atoms with E-state index in [0.717, 1.165) is 45.4 Å². The minimum absolute atomic E-state index is 0.00347. The predicted octanol–water partition coefficient (Wildman–Crippen LogP) is 5.24. The molecular weight excluding hydrogens is 448 g/mol. The van der Waals surface area contributed by atoms with Crippen LogP contribution in [0.3, 0.4) is 0 Å². The Hall–Kier alpha value is -3.92. The van der Waals surface area contributed by atoms with E-state index < -0.39 is 0 Å². The second kappa shape index (κ2) is 6.44. The lowest BCUT2D eigenvalue weighted by Gasteiger charge is -2.19. The summed E-state index contributed by atoms with van der Waals surface area (Å²) in [5.41, 5.74) is 13.4. The Morgan fingerprint density at radius 2 is 0.889 bits per heavy atom. The van der Waals surface area contributed by atoms with E-state index >= 15 is 0 Å². The molecule has 0 saturated heterocycles. The van der Waals surface area contributed by atoms with E-state index in [9.17, 15) is 19.2 Å². The van der Waals surface area contributed by atoms with Crippen LogP contribution in [0.5, 0.6) is 0 Å². The Morgan fingerprint density at radius 3 is 1.47 bits per heavy atom. The fraction of sp³-hybridized carbons (Fsp3) is 0.250. The first-order valence-electron chi connectivity index (χ1n) is 12.7. The molecule has 4 nitrogen and oxygen atoms in total. The number of hydrogen-bond donors (Lipinski definition) is 0. The molecule has 36 heavy (non-hydrogen) atoms. The molecule has 8 aliphatic carbocycles. The van der Waals surface area contributed by atoms with E-state index in [-0.39, 0.29) is 23.1 Å². The highest BCUT2D eigenvalue weighted by molar-refractivity contribution is 6.34. The monoisotopic (exact) mass is 470 g/mol. The van der Waals surface area contributed by atoms with Crippen molar-refractivity contribution in [3.8, 4) is 0 Å². The smallest absolute Gasteiger partial charge is 0.194 e. The summed E-state index contributed by atoms with van der Waals surface area (Å²) in [6, 6.07) is 0. The molecule has 0 fully saturated rings. The quantitative estimate of drug-likeness (QED) is 0.526. The van der Waals surface area contributed by atoms with E-state index in [0.29, 0.717) is 76.7 Å².